The maximum absolute atomic E-state index is 9.68. The molecule has 0 saturated carbocycles. The first kappa shape index (κ1) is 11.4. The first-order valence-corrected chi connectivity index (χ1v) is 4.79. The van der Waals surface area contributed by atoms with Crippen molar-refractivity contribution in [1.29, 1.82) is 0 Å². The molecule has 0 fully saturated rings. The molecule has 0 spiro atoms. The molecule has 72 valence electrons. The Balaban J connectivity index is 3.02. The zero-order valence-corrected chi connectivity index (χ0v) is 8.08. The minimum absolute atomic E-state index is 0.0101. The quantitative estimate of drug-likeness (QED) is 0.320. The van der Waals surface area contributed by atoms with E-state index in [9.17, 15) is 4.91 Å². The lowest BCUT2D eigenvalue weighted by molar-refractivity contribution is 0.0607. The van der Waals surface area contributed by atoms with E-state index in [-0.39, 0.29) is 6.10 Å². The van der Waals surface area contributed by atoms with E-state index in [0.29, 0.717) is 0 Å². The van der Waals surface area contributed by atoms with Crippen molar-refractivity contribution in [1.82, 2.24) is 0 Å². The van der Waals surface area contributed by atoms with E-state index in [4.69, 9.17) is 0 Å². The lowest BCUT2D eigenvalue weighted by Crippen LogP contribution is -2.02. The van der Waals surface area contributed by atoms with Gasteiger partial charge in [0.2, 0.25) is 0 Å². The van der Waals surface area contributed by atoms with Crippen LogP contribution in [0.15, 0.2) is 5.34 Å². The largest absolute Gasteiger partial charge is 0.361 e. The molecular formula is C9H19NO2. The van der Waals surface area contributed by atoms with Gasteiger partial charge in [-0.15, -0.1) is 4.91 Å². The monoisotopic (exact) mass is 173 g/mol. The summed E-state index contributed by atoms with van der Waals surface area (Å²) in [5.41, 5.74) is 0. The highest BCUT2D eigenvalue weighted by Crippen LogP contribution is 2.08. The molecule has 0 amide bonds. The molecule has 0 N–H and O–H groups in total. The summed E-state index contributed by atoms with van der Waals surface area (Å²) < 4.78 is 0. The minimum atomic E-state index is -0.0101. The van der Waals surface area contributed by atoms with Crippen LogP contribution in [0.4, 0.5) is 0 Å². The summed E-state index contributed by atoms with van der Waals surface area (Å²) in [5, 5.41) is 2.40. The molecule has 0 aromatic rings. The van der Waals surface area contributed by atoms with Gasteiger partial charge in [-0.3, -0.25) is 0 Å². The van der Waals surface area contributed by atoms with Gasteiger partial charge in [0.05, 0.1) is 0 Å². The van der Waals surface area contributed by atoms with Crippen LogP contribution in [-0.2, 0) is 4.84 Å². The Morgan fingerprint density at radius 3 is 2.50 bits per heavy atom. The Morgan fingerprint density at radius 1 is 1.25 bits per heavy atom. The predicted molar refractivity (Wildman–Crippen MR) is 49.7 cm³/mol. The molecule has 0 aliphatic heterocycles. The highest BCUT2D eigenvalue weighted by Gasteiger charge is 2.01. The van der Waals surface area contributed by atoms with Crippen molar-refractivity contribution < 1.29 is 4.84 Å². The molecule has 0 rings (SSSR count). The molecule has 12 heavy (non-hydrogen) atoms. The smallest absolute Gasteiger partial charge is 0.155 e. The molecule has 0 aromatic heterocycles. The molecule has 3 heteroatoms. The molecule has 0 aliphatic carbocycles. The van der Waals surface area contributed by atoms with Crippen molar-refractivity contribution in [2.45, 2.75) is 58.5 Å². The second-order valence-electron chi connectivity index (χ2n) is 3.19. The topological polar surface area (TPSA) is 38.7 Å². The van der Waals surface area contributed by atoms with Gasteiger partial charge in [-0.05, 0) is 19.8 Å². The fourth-order valence-corrected chi connectivity index (χ4v) is 1.16. The number of nitrogens with zero attached hydrogens (tertiary/aromatic N) is 1. The molecule has 0 heterocycles. The van der Waals surface area contributed by atoms with Crippen molar-refractivity contribution in [3.63, 3.8) is 0 Å². The van der Waals surface area contributed by atoms with Crippen LogP contribution in [0.5, 0.6) is 0 Å². The summed E-state index contributed by atoms with van der Waals surface area (Å²) >= 11 is 0. The number of unbranched alkanes of at least 4 members (excludes halogenated alkanes) is 4. The maximum Gasteiger partial charge on any atom is 0.155 e. The molecule has 0 aliphatic rings. The average molecular weight is 173 g/mol. The summed E-state index contributed by atoms with van der Waals surface area (Å²) in [6, 6.07) is 0. The van der Waals surface area contributed by atoms with E-state index in [1.165, 1.54) is 25.7 Å². The van der Waals surface area contributed by atoms with Crippen molar-refractivity contribution in [3.8, 4) is 0 Å². The van der Waals surface area contributed by atoms with E-state index in [1.807, 2.05) is 6.92 Å². The Labute approximate surface area is 74.4 Å². The third-order valence-corrected chi connectivity index (χ3v) is 1.94. The van der Waals surface area contributed by atoms with Crippen LogP contribution in [0.3, 0.4) is 0 Å². The van der Waals surface area contributed by atoms with Gasteiger partial charge in [-0.2, -0.15) is 0 Å². The van der Waals surface area contributed by atoms with Gasteiger partial charge in [0, 0.05) is 0 Å². The van der Waals surface area contributed by atoms with Gasteiger partial charge in [0.25, 0.3) is 0 Å². The Morgan fingerprint density at radius 2 is 1.92 bits per heavy atom. The zero-order valence-electron chi connectivity index (χ0n) is 8.08. The molecule has 1 unspecified atom stereocenters. The third kappa shape index (κ3) is 7.51. The normalized spacial score (nSPS) is 12.5. The van der Waals surface area contributed by atoms with Crippen molar-refractivity contribution in [2.24, 2.45) is 5.34 Å². The van der Waals surface area contributed by atoms with Gasteiger partial charge >= 0.3 is 0 Å². The van der Waals surface area contributed by atoms with Crippen molar-refractivity contribution in [3.05, 3.63) is 4.91 Å². The number of hydrogen-bond donors (Lipinski definition) is 0. The summed E-state index contributed by atoms with van der Waals surface area (Å²) in [5.74, 6) is 0. The first-order valence-electron chi connectivity index (χ1n) is 4.79. The van der Waals surface area contributed by atoms with Gasteiger partial charge < -0.3 is 4.84 Å². The van der Waals surface area contributed by atoms with Crippen LogP contribution in [-0.4, -0.2) is 6.10 Å². The Kier molecular flexibility index (Phi) is 8.07. The average Bonchev–Trinajstić information content (AvgIpc) is 2.05. The van der Waals surface area contributed by atoms with Crippen molar-refractivity contribution in [2.75, 3.05) is 0 Å². The molecule has 0 saturated heterocycles. The second kappa shape index (κ2) is 8.50. The summed E-state index contributed by atoms with van der Waals surface area (Å²) in [6.07, 6.45) is 7.16. The van der Waals surface area contributed by atoms with Crippen LogP contribution in [0.1, 0.15) is 52.4 Å². The van der Waals surface area contributed by atoms with Crippen LogP contribution < -0.4 is 0 Å². The molecular weight excluding hydrogens is 154 g/mol. The third-order valence-electron chi connectivity index (χ3n) is 1.94. The summed E-state index contributed by atoms with van der Waals surface area (Å²) in [4.78, 5) is 14.2. The van der Waals surface area contributed by atoms with E-state index >= 15 is 0 Å². The van der Waals surface area contributed by atoms with Crippen LogP contribution in [0.2, 0.25) is 0 Å². The van der Waals surface area contributed by atoms with E-state index in [0.717, 1.165) is 12.8 Å². The Bertz CT molecular complexity index is 107. The standard InChI is InChI=1S/C9H19NO2/c1-3-4-5-6-7-8-9(2)12-10-11/h9H,3-8H2,1-2H3. The maximum atomic E-state index is 9.68. The highest BCUT2D eigenvalue weighted by molar-refractivity contribution is 4.50. The fourth-order valence-electron chi connectivity index (χ4n) is 1.16. The number of hydrogen-bond acceptors (Lipinski definition) is 3. The van der Waals surface area contributed by atoms with E-state index in [2.05, 4.69) is 17.1 Å². The summed E-state index contributed by atoms with van der Waals surface area (Å²) in [7, 11) is 0. The van der Waals surface area contributed by atoms with Crippen LogP contribution in [0.25, 0.3) is 0 Å². The predicted octanol–water partition coefficient (Wildman–Crippen LogP) is 3.43. The SMILES string of the molecule is CCCCCCCC(C)ON=O. The fraction of sp³-hybridized carbons (Fsp3) is 1.00. The lowest BCUT2D eigenvalue weighted by Gasteiger charge is -2.05. The lowest BCUT2D eigenvalue weighted by atomic mass is 10.1. The van der Waals surface area contributed by atoms with E-state index < -0.39 is 0 Å². The van der Waals surface area contributed by atoms with Crippen LogP contribution >= 0.6 is 0 Å². The minimum Gasteiger partial charge on any atom is -0.361 e. The van der Waals surface area contributed by atoms with Gasteiger partial charge in [-0.1, -0.05) is 32.6 Å². The van der Waals surface area contributed by atoms with Crippen molar-refractivity contribution >= 4 is 0 Å². The van der Waals surface area contributed by atoms with Gasteiger partial charge in [-0.25, -0.2) is 0 Å². The van der Waals surface area contributed by atoms with Gasteiger partial charge in [0.1, 0.15) is 6.10 Å². The van der Waals surface area contributed by atoms with Gasteiger partial charge in [0.15, 0.2) is 5.34 Å². The first-order chi connectivity index (χ1) is 5.81. The zero-order chi connectivity index (χ0) is 9.23. The van der Waals surface area contributed by atoms with Crippen LogP contribution in [0, 0.1) is 4.91 Å². The molecule has 0 aromatic carbocycles. The summed E-state index contributed by atoms with van der Waals surface area (Å²) in [6.45, 7) is 4.07. The van der Waals surface area contributed by atoms with E-state index in [1.54, 1.807) is 0 Å². The Hall–Kier alpha value is -0.600. The second-order valence-corrected chi connectivity index (χ2v) is 3.19. The number of rotatable bonds is 8. The molecule has 0 radical (unpaired) electrons. The molecule has 3 nitrogen and oxygen atoms in total. The molecule has 0 bridgehead atoms. The molecule has 1 atom stereocenters. The highest BCUT2D eigenvalue weighted by atomic mass is 16.7.